The Morgan fingerprint density at radius 3 is 1.47 bits per heavy atom. The van der Waals surface area contributed by atoms with Gasteiger partial charge in [0.25, 0.3) is 0 Å². The number of carboxylic acids is 1. The van der Waals surface area contributed by atoms with Gasteiger partial charge in [0.2, 0.25) is 0 Å². The quantitative estimate of drug-likeness (QED) is 0.0234. The van der Waals surface area contributed by atoms with Crippen molar-refractivity contribution in [3.8, 4) is 0 Å². The van der Waals surface area contributed by atoms with E-state index in [4.69, 9.17) is 29.4 Å². The van der Waals surface area contributed by atoms with E-state index in [-0.39, 0.29) is 13.0 Å². The second kappa shape index (κ2) is 43.0. The molecule has 0 bridgehead atoms. The van der Waals surface area contributed by atoms with Gasteiger partial charge >= 0.3 is 19.8 Å². The van der Waals surface area contributed by atoms with Crippen LogP contribution in [0.5, 0.6) is 0 Å². The highest BCUT2D eigenvalue weighted by Gasteiger charge is 2.27. The lowest BCUT2D eigenvalue weighted by atomic mass is 10.1. The predicted octanol–water partition coefficient (Wildman–Crippen LogP) is 12.5. The van der Waals surface area contributed by atoms with Crippen LogP contribution in [0.2, 0.25) is 0 Å². The summed E-state index contributed by atoms with van der Waals surface area (Å²) in [4.78, 5) is 33.6. The molecule has 0 radical (unpaired) electrons. The number of phosphoric ester groups is 1. The molecule has 3 atom stereocenters. The van der Waals surface area contributed by atoms with Gasteiger partial charge in [0.05, 0.1) is 19.8 Å². The molecular formula is C48H80NO9P. The maximum absolute atomic E-state index is 12.6. The molecule has 4 N–H and O–H groups in total. The van der Waals surface area contributed by atoms with E-state index in [1.807, 2.05) is 0 Å². The predicted molar refractivity (Wildman–Crippen MR) is 244 cm³/mol. The summed E-state index contributed by atoms with van der Waals surface area (Å²) < 4.78 is 33.3. The average Bonchev–Trinajstić information content (AvgIpc) is 3.21. The number of nitrogens with two attached hydrogens (primary N) is 1. The van der Waals surface area contributed by atoms with Gasteiger partial charge in [0.15, 0.2) is 0 Å². The first-order chi connectivity index (χ1) is 28.7. The highest BCUT2D eigenvalue weighted by atomic mass is 31.2. The molecule has 336 valence electrons. The SMILES string of the molecule is CC/C=C\C/C=C\C/C=C\C/C=C\C/C=C\CCCCOCC(COP(=O)(O)OCC(N)C(=O)O)OC(=O)CCCCCCCC/C=C\C/C=C\C/C=C\CCCCC. The molecule has 0 amide bonds. The molecule has 10 nitrogen and oxygen atoms in total. The van der Waals surface area contributed by atoms with Gasteiger partial charge in [-0.25, -0.2) is 4.57 Å². The van der Waals surface area contributed by atoms with Crippen LogP contribution in [0.4, 0.5) is 0 Å². The second-order valence-electron chi connectivity index (χ2n) is 14.4. The smallest absolute Gasteiger partial charge is 0.472 e. The fraction of sp³-hybridized carbons (Fsp3) is 0.625. The van der Waals surface area contributed by atoms with Crippen LogP contribution in [-0.4, -0.2) is 60.5 Å². The van der Waals surface area contributed by atoms with E-state index in [0.717, 1.165) is 103 Å². The minimum atomic E-state index is -4.64. The Hall–Kier alpha value is -3.11. The van der Waals surface area contributed by atoms with Crippen LogP contribution >= 0.6 is 7.82 Å². The molecule has 0 heterocycles. The molecule has 0 saturated heterocycles. The molecule has 0 aromatic rings. The molecule has 0 saturated carbocycles. The van der Waals surface area contributed by atoms with E-state index < -0.39 is 45.1 Å². The van der Waals surface area contributed by atoms with Crippen LogP contribution < -0.4 is 5.73 Å². The van der Waals surface area contributed by atoms with Crippen molar-refractivity contribution in [2.75, 3.05) is 26.4 Å². The van der Waals surface area contributed by atoms with Crippen molar-refractivity contribution in [2.24, 2.45) is 5.73 Å². The number of ether oxygens (including phenoxy) is 2. The lowest BCUT2D eigenvalue weighted by Gasteiger charge is -2.20. The van der Waals surface area contributed by atoms with Crippen LogP contribution in [0, 0.1) is 0 Å². The number of unbranched alkanes of at least 4 members (excludes halogenated alkanes) is 11. The lowest BCUT2D eigenvalue weighted by molar-refractivity contribution is -0.154. The van der Waals surface area contributed by atoms with Crippen molar-refractivity contribution in [3.05, 3.63) is 97.2 Å². The molecule has 0 aromatic heterocycles. The monoisotopic (exact) mass is 846 g/mol. The summed E-state index contributed by atoms with van der Waals surface area (Å²) in [6.45, 7) is 3.59. The van der Waals surface area contributed by atoms with Gasteiger partial charge < -0.3 is 25.2 Å². The van der Waals surface area contributed by atoms with Crippen molar-refractivity contribution in [1.82, 2.24) is 0 Å². The Balaban J connectivity index is 4.37. The van der Waals surface area contributed by atoms with Gasteiger partial charge in [0.1, 0.15) is 12.1 Å². The first kappa shape index (κ1) is 55.9. The molecule has 3 unspecified atom stereocenters. The first-order valence-corrected chi connectivity index (χ1v) is 23.8. The Morgan fingerprint density at radius 1 is 0.559 bits per heavy atom. The molecule has 59 heavy (non-hydrogen) atoms. The fourth-order valence-electron chi connectivity index (χ4n) is 5.40. The third-order valence-electron chi connectivity index (χ3n) is 8.85. The Kier molecular flexibility index (Phi) is 40.7. The number of carbonyl (C=O) groups is 2. The summed E-state index contributed by atoms with van der Waals surface area (Å²) in [6.07, 6.45) is 56.0. The van der Waals surface area contributed by atoms with Crippen molar-refractivity contribution in [2.45, 2.75) is 167 Å². The molecule has 0 spiro atoms. The molecule has 0 fully saturated rings. The summed E-state index contributed by atoms with van der Waals surface area (Å²) in [7, 11) is -4.64. The standard InChI is InChI=1S/C48H80NO9P/c1-3-5-7-9-11-13-15-17-19-21-23-24-26-28-30-32-34-36-38-40-47(50)58-45(43-56-59(53,54)57-44-46(49)48(51)52)42-55-41-39-37-35-33-31-29-27-25-22-20-18-16-14-12-10-8-6-4-2/h6,8,11-14,17-20,23-25,27,31,33,45-46H,3-5,7,9-10,15-16,21-22,26,28-30,32,34-44,49H2,1-2H3,(H,51,52)(H,53,54)/b8-6-,13-11-,14-12-,19-17-,20-18-,24-23-,27-25-,33-31-. The number of esters is 1. The van der Waals surface area contributed by atoms with E-state index in [1.165, 1.54) is 25.7 Å². The van der Waals surface area contributed by atoms with Gasteiger partial charge in [-0.3, -0.25) is 18.6 Å². The number of aliphatic carboxylic acids is 1. The lowest BCUT2D eigenvalue weighted by Crippen LogP contribution is -2.34. The van der Waals surface area contributed by atoms with Gasteiger partial charge in [-0.15, -0.1) is 0 Å². The summed E-state index contributed by atoms with van der Waals surface area (Å²) in [6, 6.07) is -1.49. The van der Waals surface area contributed by atoms with E-state index in [9.17, 15) is 19.0 Å². The number of carboxylic acid groups (broad SMARTS) is 1. The molecule has 0 rings (SSSR count). The van der Waals surface area contributed by atoms with Crippen LogP contribution in [0.3, 0.4) is 0 Å². The van der Waals surface area contributed by atoms with Gasteiger partial charge in [-0.1, -0.05) is 150 Å². The Morgan fingerprint density at radius 2 is 0.983 bits per heavy atom. The molecular weight excluding hydrogens is 765 g/mol. The summed E-state index contributed by atoms with van der Waals surface area (Å²) in [5.74, 6) is -1.82. The summed E-state index contributed by atoms with van der Waals surface area (Å²) >= 11 is 0. The van der Waals surface area contributed by atoms with Gasteiger partial charge in [-0.2, -0.15) is 0 Å². The summed E-state index contributed by atoms with van der Waals surface area (Å²) in [5.41, 5.74) is 5.35. The highest BCUT2D eigenvalue weighted by molar-refractivity contribution is 7.47. The molecule has 0 aromatic carbocycles. The molecule has 0 aliphatic heterocycles. The zero-order valence-electron chi connectivity index (χ0n) is 36.6. The largest absolute Gasteiger partial charge is 0.480 e. The molecule has 11 heteroatoms. The van der Waals surface area contributed by atoms with E-state index >= 15 is 0 Å². The minimum absolute atomic E-state index is 0.0245. The maximum atomic E-state index is 12.6. The number of carbonyl (C=O) groups excluding carboxylic acids is 1. The van der Waals surface area contributed by atoms with Crippen LogP contribution in [0.15, 0.2) is 97.2 Å². The molecule has 0 aliphatic carbocycles. The van der Waals surface area contributed by atoms with Crippen LogP contribution in [0.1, 0.15) is 155 Å². The topological polar surface area (TPSA) is 155 Å². The second-order valence-corrected chi connectivity index (χ2v) is 15.9. The normalized spacial score (nSPS) is 14.8. The van der Waals surface area contributed by atoms with Crippen LogP contribution in [-0.2, 0) is 32.7 Å². The van der Waals surface area contributed by atoms with Crippen molar-refractivity contribution >= 4 is 19.8 Å². The Bertz CT molecular complexity index is 1300. The van der Waals surface area contributed by atoms with Crippen molar-refractivity contribution in [1.29, 1.82) is 0 Å². The third kappa shape index (κ3) is 42.8. The number of hydrogen-bond donors (Lipinski definition) is 3. The number of rotatable bonds is 41. The first-order valence-electron chi connectivity index (χ1n) is 22.3. The van der Waals surface area contributed by atoms with Gasteiger partial charge in [-0.05, 0) is 96.3 Å². The fourth-order valence-corrected chi connectivity index (χ4v) is 6.18. The summed E-state index contributed by atoms with van der Waals surface area (Å²) in [5, 5.41) is 8.90. The number of allylic oxidation sites excluding steroid dienone is 16. The van der Waals surface area contributed by atoms with Gasteiger partial charge in [0, 0.05) is 13.0 Å². The van der Waals surface area contributed by atoms with Crippen LogP contribution in [0.25, 0.3) is 0 Å². The van der Waals surface area contributed by atoms with Crippen molar-refractivity contribution < 1.29 is 42.7 Å². The van der Waals surface area contributed by atoms with E-state index in [1.54, 1.807) is 0 Å². The zero-order valence-corrected chi connectivity index (χ0v) is 37.4. The Labute approximate surface area is 358 Å². The molecule has 0 aliphatic rings. The average molecular weight is 846 g/mol. The van der Waals surface area contributed by atoms with E-state index in [0.29, 0.717) is 13.0 Å². The number of phosphoric acid groups is 1. The maximum Gasteiger partial charge on any atom is 0.472 e. The van der Waals surface area contributed by atoms with E-state index in [2.05, 4.69) is 111 Å². The van der Waals surface area contributed by atoms with Crippen molar-refractivity contribution in [3.63, 3.8) is 0 Å². The zero-order chi connectivity index (χ0) is 43.3. The third-order valence-corrected chi connectivity index (χ3v) is 9.80. The highest BCUT2D eigenvalue weighted by Crippen LogP contribution is 2.43. The minimum Gasteiger partial charge on any atom is -0.480 e. The number of hydrogen-bond acceptors (Lipinski definition) is 8.